The third-order valence-corrected chi connectivity index (χ3v) is 3.05. The molecule has 1 aromatic rings. The monoisotopic (exact) mass is 218 g/mol. The number of hydrogen-bond donors (Lipinski definition) is 1. The minimum absolute atomic E-state index is 0.0416. The number of benzene rings is 1. The molecule has 3 heteroatoms. The topological polar surface area (TPSA) is 46.3 Å². The quantitative estimate of drug-likeness (QED) is 0.780. The molecule has 0 bridgehead atoms. The van der Waals surface area contributed by atoms with E-state index in [1.54, 1.807) is 0 Å². The molecule has 0 spiro atoms. The molecule has 0 unspecified atom stereocenters. The first-order valence-corrected chi connectivity index (χ1v) is 5.78. The van der Waals surface area contributed by atoms with Crippen molar-refractivity contribution in [3.8, 4) is 0 Å². The highest BCUT2D eigenvalue weighted by molar-refractivity contribution is 5.98. The highest BCUT2D eigenvalue weighted by atomic mass is 16.2. The van der Waals surface area contributed by atoms with Gasteiger partial charge in [0.25, 0.3) is 0 Å². The van der Waals surface area contributed by atoms with Gasteiger partial charge in [-0.15, -0.1) is 0 Å². The van der Waals surface area contributed by atoms with E-state index in [-0.39, 0.29) is 18.0 Å². The Hall–Kier alpha value is -1.35. The third-order valence-electron chi connectivity index (χ3n) is 3.05. The van der Waals surface area contributed by atoms with E-state index in [0.717, 1.165) is 18.5 Å². The van der Waals surface area contributed by atoms with Crippen LogP contribution in [0.4, 0.5) is 5.69 Å². The second kappa shape index (κ2) is 4.26. The molecule has 1 heterocycles. The van der Waals surface area contributed by atoms with Crippen LogP contribution in [0.2, 0.25) is 0 Å². The van der Waals surface area contributed by atoms with Crippen molar-refractivity contribution in [3.05, 3.63) is 29.8 Å². The fraction of sp³-hybridized carbons (Fsp3) is 0.462. The molecule has 1 amide bonds. The summed E-state index contributed by atoms with van der Waals surface area (Å²) < 4.78 is 0. The smallest absolute Gasteiger partial charge is 0.244 e. The summed E-state index contributed by atoms with van der Waals surface area (Å²) in [7, 11) is 0. The van der Waals surface area contributed by atoms with Crippen molar-refractivity contribution in [1.29, 1.82) is 0 Å². The largest absolute Gasteiger partial charge is 0.320 e. The van der Waals surface area contributed by atoms with Crippen LogP contribution >= 0.6 is 0 Å². The molecule has 0 saturated carbocycles. The Morgan fingerprint density at radius 3 is 2.75 bits per heavy atom. The van der Waals surface area contributed by atoms with Gasteiger partial charge in [-0.1, -0.05) is 18.2 Å². The highest BCUT2D eigenvalue weighted by Gasteiger charge is 2.29. The first-order chi connectivity index (χ1) is 7.61. The van der Waals surface area contributed by atoms with Gasteiger partial charge in [0, 0.05) is 11.7 Å². The number of nitrogens with two attached hydrogens (primary N) is 1. The van der Waals surface area contributed by atoms with Crippen molar-refractivity contribution < 1.29 is 4.79 Å². The fourth-order valence-corrected chi connectivity index (χ4v) is 2.22. The number of nitrogens with zero attached hydrogens (tertiary/aromatic N) is 1. The minimum Gasteiger partial charge on any atom is -0.320 e. The van der Waals surface area contributed by atoms with E-state index >= 15 is 0 Å². The first kappa shape index (κ1) is 11.1. The van der Waals surface area contributed by atoms with Crippen LogP contribution in [0.5, 0.6) is 0 Å². The van der Waals surface area contributed by atoms with Crippen molar-refractivity contribution in [2.45, 2.75) is 38.8 Å². The molecular formula is C13H18N2O. The summed E-state index contributed by atoms with van der Waals surface area (Å²) in [6, 6.07) is 7.85. The van der Waals surface area contributed by atoms with Crippen molar-refractivity contribution in [2.24, 2.45) is 5.73 Å². The maximum absolute atomic E-state index is 12.2. The predicted octanol–water partition coefficient (Wildman–Crippen LogP) is 1.70. The molecule has 2 rings (SSSR count). The summed E-state index contributed by atoms with van der Waals surface area (Å²) in [6.07, 6.45) is 1.62. The number of carbonyl (C=O) groups excluding carboxylic acids is 1. The van der Waals surface area contributed by atoms with Crippen LogP contribution in [-0.4, -0.2) is 18.0 Å². The fourth-order valence-electron chi connectivity index (χ4n) is 2.22. The van der Waals surface area contributed by atoms with E-state index in [1.165, 1.54) is 5.56 Å². The molecule has 86 valence electrons. The SMILES string of the molecule is CC(C)N1C(=O)[C@H](N)CCc2ccccc21. The average molecular weight is 218 g/mol. The standard InChI is InChI=1S/C13H18N2O/c1-9(2)15-12-6-4-3-5-10(12)7-8-11(14)13(15)16/h3-6,9,11H,7-8,14H2,1-2H3/t11-/m1/s1. The lowest BCUT2D eigenvalue weighted by Gasteiger charge is -2.28. The van der Waals surface area contributed by atoms with Crippen LogP contribution < -0.4 is 10.6 Å². The molecule has 2 N–H and O–H groups in total. The Balaban J connectivity index is 2.49. The van der Waals surface area contributed by atoms with Crippen LogP contribution in [0.25, 0.3) is 0 Å². The Labute approximate surface area is 96.2 Å². The van der Waals surface area contributed by atoms with E-state index < -0.39 is 0 Å². The Bertz CT molecular complexity index is 401. The molecule has 1 atom stereocenters. The van der Waals surface area contributed by atoms with Gasteiger partial charge in [0.05, 0.1) is 6.04 Å². The Morgan fingerprint density at radius 2 is 2.06 bits per heavy atom. The number of carbonyl (C=O) groups is 1. The lowest BCUT2D eigenvalue weighted by molar-refractivity contribution is -0.120. The van der Waals surface area contributed by atoms with Gasteiger partial charge in [-0.2, -0.15) is 0 Å². The third kappa shape index (κ3) is 1.83. The normalized spacial score (nSPS) is 20.9. The highest BCUT2D eigenvalue weighted by Crippen LogP contribution is 2.27. The molecule has 1 aliphatic rings. The molecule has 1 aromatic carbocycles. The van der Waals surface area contributed by atoms with Gasteiger partial charge in [-0.05, 0) is 38.3 Å². The van der Waals surface area contributed by atoms with Crippen LogP contribution in [0, 0.1) is 0 Å². The summed E-state index contributed by atoms with van der Waals surface area (Å²) in [5.41, 5.74) is 8.14. The zero-order valence-corrected chi connectivity index (χ0v) is 9.81. The van der Waals surface area contributed by atoms with Crippen molar-refractivity contribution in [2.75, 3.05) is 4.90 Å². The summed E-state index contributed by atoms with van der Waals surface area (Å²) in [4.78, 5) is 14.0. The van der Waals surface area contributed by atoms with Crippen LogP contribution in [0.1, 0.15) is 25.8 Å². The molecule has 0 fully saturated rings. The number of amides is 1. The molecule has 0 radical (unpaired) electrons. The number of rotatable bonds is 1. The van der Waals surface area contributed by atoms with Crippen LogP contribution in [0.15, 0.2) is 24.3 Å². The van der Waals surface area contributed by atoms with E-state index in [4.69, 9.17) is 5.73 Å². The molecular weight excluding hydrogens is 200 g/mol. The molecule has 1 aliphatic heterocycles. The van der Waals surface area contributed by atoms with Crippen molar-refractivity contribution >= 4 is 11.6 Å². The molecule has 0 saturated heterocycles. The van der Waals surface area contributed by atoms with Crippen LogP contribution in [0.3, 0.4) is 0 Å². The van der Waals surface area contributed by atoms with E-state index in [1.807, 2.05) is 36.9 Å². The molecule has 0 aromatic heterocycles. The van der Waals surface area contributed by atoms with Gasteiger partial charge in [-0.25, -0.2) is 0 Å². The van der Waals surface area contributed by atoms with Gasteiger partial charge in [0.1, 0.15) is 0 Å². The molecule has 3 nitrogen and oxygen atoms in total. The van der Waals surface area contributed by atoms with Gasteiger partial charge in [0.15, 0.2) is 0 Å². The summed E-state index contributed by atoms with van der Waals surface area (Å²) in [5.74, 6) is 0.0416. The first-order valence-electron chi connectivity index (χ1n) is 5.78. The molecule has 16 heavy (non-hydrogen) atoms. The zero-order valence-electron chi connectivity index (χ0n) is 9.81. The van der Waals surface area contributed by atoms with Gasteiger partial charge in [0.2, 0.25) is 5.91 Å². The summed E-state index contributed by atoms with van der Waals surface area (Å²) in [5, 5.41) is 0. The average Bonchev–Trinajstić information content (AvgIpc) is 2.38. The van der Waals surface area contributed by atoms with Crippen molar-refractivity contribution in [1.82, 2.24) is 0 Å². The van der Waals surface area contributed by atoms with Gasteiger partial charge < -0.3 is 10.6 Å². The lowest BCUT2D eigenvalue weighted by Crippen LogP contribution is -2.46. The minimum atomic E-state index is -0.366. The van der Waals surface area contributed by atoms with E-state index in [2.05, 4.69) is 6.07 Å². The number of hydrogen-bond acceptors (Lipinski definition) is 2. The van der Waals surface area contributed by atoms with E-state index in [9.17, 15) is 4.79 Å². The summed E-state index contributed by atoms with van der Waals surface area (Å²) >= 11 is 0. The van der Waals surface area contributed by atoms with Crippen molar-refractivity contribution in [3.63, 3.8) is 0 Å². The number of fused-ring (bicyclic) bond motifs is 1. The molecule has 0 aliphatic carbocycles. The second-order valence-corrected chi connectivity index (χ2v) is 4.58. The number of aryl methyl sites for hydroxylation is 1. The number of para-hydroxylation sites is 1. The predicted molar refractivity (Wildman–Crippen MR) is 65.4 cm³/mol. The van der Waals surface area contributed by atoms with E-state index in [0.29, 0.717) is 0 Å². The lowest BCUT2D eigenvalue weighted by atomic mass is 10.1. The number of anilines is 1. The maximum Gasteiger partial charge on any atom is 0.244 e. The second-order valence-electron chi connectivity index (χ2n) is 4.58. The van der Waals surface area contributed by atoms with Gasteiger partial charge >= 0.3 is 0 Å². The maximum atomic E-state index is 12.2. The Kier molecular flexibility index (Phi) is 2.97. The Morgan fingerprint density at radius 1 is 1.38 bits per heavy atom. The zero-order chi connectivity index (χ0) is 11.7. The summed E-state index contributed by atoms with van der Waals surface area (Å²) in [6.45, 7) is 4.04. The van der Waals surface area contributed by atoms with Gasteiger partial charge in [-0.3, -0.25) is 4.79 Å². The van der Waals surface area contributed by atoms with Crippen LogP contribution in [-0.2, 0) is 11.2 Å².